The predicted molar refractivity (Wildman–Crippen MR) is 88.5 cm³/mol. The van der Waals surface area contributed by atoms with Gasteiger partial charge in [-0.15, -0.1) is 0 Å². The second-order valence-electron chi connectivity index (χ2n) is 6.43. The van der Waals surface area contributed by atoms with Gasteiger partial charge in [-0.05, 0) is 19.8 Å². The lowest BCUT2D eigenvalue weighted by Gasteiger charge is -2.26. The van der Waals surface area contributed by atoms with Crippen LogP contribution in [0.5, 0.6) is 0 Å². The van der Waals surface area contributed by atoms with Gasteiger partial charge in [-0.1, -0.05) is 11.6 Å². The monoisotopic (exact) mass is 370 g/mol. The second kappa shape index (κ2) is 6.52. The Morgan fingerprint density at radius 1 is 1.29 bits per heavy atom. The highest BCUT2D eigenvalue weighted by Gasteiger charge is 2.46. The minimum atomic E-state index is -1.34. The van der Waals surface area contributed by atoms with Crippen molar-refractivity contribution < 1.29 is 18.6 Å². The number of halogens is 1. The van der Waals surface area contributed by atoms with Crippen LogP contribution in [0, 0.1) is 11.8 Å². The van der Waals surface area contributed by atoms with E-state index < -0.39 is 22.6 Å². The van der Waals surface area contributed by atoms with Gasteiger partial charge in [0.2, 0.25) is 0 Å². The molecule has 2 aliphatic carbocycles. The summed E-state index contributed by atoms with van der Waals surface area (Å²) in [5, 5.41) is 4.81. The Bertz CT molecular complexity index is 736. The smallest absolute Gasteiger partial charge is 0.155 e. The van der Waals surface area contributed by atoms with Crippen molar-refractivity contribution in [1.29, 1.82) is 0 Å². The van der Waals surface area contributed by atoms with E-state index in [0.29, 0.717) is 17.1 Å². The van der Waals surface area contributed by atoms with Gasteiger partial charge in [0.1, 0.15) is 10.9 Å². The molecule has 1 aromatic heterocycles. The maximum Gasteiger partial charge on any atom is 0.155 e. The van der Waals surface area contributed by atoms with Crippen LogP contribution in [0.15, 0.2) is 5.03 Å². The third-order valence-electron chi connectivity index (χ3n) is 4.68. The van der Waals surface area contributed by atoms with E-state index in [1.165, 1.54) is 6.26 Å². The van der Waals surface area contributed by atoms with Crippen molar-refractivity contribution >= 4 is 39.8 Å². The summed E-state index contributed by atoms with van der Waals surface area (Å²) in [5.74, 6) is -2.60. The lowest BCUT2D eigenvalue weighted by atomic mass is 9.75. The van der Waals surface area contributed by atoms with Crippen molar-refractivity contribution in [2.45, 2.75) is 50.1 Å². The first kappa shape index (κ1) is 17.5. The summed E-state index contributed by atoms with van der Waals surface area (Å²) < 4.78 is 13.6. The van der Waals surface area contributed by atoms with E-state index in [1.807, 2.05) is 6.92 Å². The van der Waals surface area contributed by atoms with Gasteiger partial charge < -0.3 is 0 Å². The first-order chi connectivity index (χ1) is 11.3. The van der Waals surface area contributed by atoms with Crippen LogP contribution in [0.3, 0.4) is 0 Å². The molecule has 2 fully saturated rings. The molecule has 1 unspecified atom stereocenters. The maximum absolute atomic E-state index is 12.4. The molecule has 0 bridgehead atoms. The Hall–Kier alpha value is -1.34. The lowest BCUT2D eigenvalue weighted by Crippen LogP contribution is -2.39. The summed E-state index contributed by atoms with van der Waals surface area (Å²) in [7, 11) is -1.34. The van der Waals surface area contributed by atoms with Crippen molar-refractivity contribution in [3.05, 3.63) is 10.7 Å². The Morgan fingerprint density at radius 3 is 2.33 bits per heavy atom. The normalized spacial score (nSPS) is 25.8. The summed E-state index contributed by atoms with van der Waals surface area (Å²) in [6.45, 7) is 2.34. The molecule has 24 heavy (non-hydrogen) atoms. The van der Waals surface area contributed by atoms with Crippen LogP contribution < -0.4 is 0 Å². The molecule has 1 atom stereocenters. The number of carbonyl (C=O) groups is 3. The number of aromatic nitrogens is 2. The molecule has 6 nitrogen and oxygen atoms in total. The molecule has 0 aliphatic heterocycles. The molecule has 8 heteroatoms. The van der Waals surface area contributed by atoms with Crippen molar-refractivity contribution in [2.24, 2.45) is 11.8 Å². The molecule has 0 amide bonds. The van der Waals surface area contributed by atoms with E-state index in [0.717, 1.165) is 12.8 Å². The number of ketones is 3. The van der Waals surface area contributed by atoms with Gasteiger partial charge in [-0.3, -0.25) is 23.3 Å². The lowest BCUT2D eigenvalue weighted by molar-refractivity contribution is -0.143. The number of hydrogen-bond acceptors (Lipinski definition) is 5. The van der Waals surface area contributed by atoms with Crippen molar-refractivity contribution in [3.63, 3.8) is 0 Å². The largest absolute Gasteiger partial charge is 0.298 e. The number of hydrogen-bond donors (Lipinski definition) is 0. The SMILES string of the molecule is CCn1nc(Cl)c(C2CC(=O)C(C(=O)C3CC3)C(=O)C2)c1S(C)=O. The summed E-state index contributed by atoms with van der Waals surface area (Å²) in [6.07, 6.45) is 3.19. The molecule has 0 spiro atoms. The highest BCUT2D eigenvalue weighted by atomic mass is 35.5. The number of nitrogens with zero attached hydrogens (tertiary/aromatic N) is 2. The van der Waals surface area contributed by atoms with Gasteiger partial charge in [0.15, 0.2) is 22.5 Å². The molecule has 2 aliphatic rings. The fourth-order valence-corrected chi connectivity index (χ4v) is 4.82. The van der Waals surface area contributed by atoms with Gasteiger partial charge in [0, 0.05) is 43.0 Å². The van der Waals surface area contributed by atoms with Crippen LogP contribution in [-0.4, -0.2) is 37.6 Å². The van der Waals surface area contributed by atoms with Crippen molar-refractivity contribution in [1.82, 2.24) is 9.78 Å². The van der Waals surface area contributed by atoms with Crippen LogP contribution in [0.2, 0.25) is 5.15 Å². The van der Waals surface area contributed by atoms with Gasteiger partial charge >= 0.3 is 0 Å². The Morgan fingerprint density at radius 2 is 1.88 bits per heavy atom. The quantitative estimate of drug-likeness (QED) is 0.739. The Labute approximate surface area is 147 Å². The van der Waals surface area contributed by atoms with E-state index in [2.05, 4.69) is 5.10 Å². The third kappa shape index (κ3) is 2.99. The molecule has 3 rings (SSSR count). The first-order valence-electron chi connectivity index (χ1n) is 8.03. The van der Waals surface area contributed by atoms with Crippen molar-refractivity contribution in [2.75, 3.05) is 6.26 Å². The minimum absolute atomic E-state index is 0.0637. The van der Waals surface area contributed by atoms with Gasteiger partial charge in [-0.25, -0.2) is 0 Å². The standard InChI is InChI=1S/C16H19ClN2O4S/c1-3-19-16(24(2)23)12(15(17)18-19)9-6-10(20)13(11(21)7-9)14(22)8-4-5-8/h8-9,13H,3-7H2,1-2H3. The topological polar surface area (TPSA) is 86.1 Å². The molecule has 1 heterocycles. The van der Waals surface area contributed by atoms with E-state index in [4.69, 9.17) is 11.6 Å². The minimum Gasteiger partial charge on any atom is -0.298 e. The van der Waals surface area contributed by atoms with E-state index in [-0.39, 0.29) is 41.3 Å². The van der Waals surface area contributed by atoms with Gasteiger partial charge in [-0.2, -0.15) is 5.10 Å². The average Bonchev–Trinajstić information content (AvgIpc) is 3.29. The zero-order valence-electron chi connectivity index (χ0n) is 13.6. The fourth-order valence-electron chi connectivity index (χ4n) is 3.39. The van der Waals surface area contributed by atoms with Crippen LogP contribution in [0.25, 0.3) is 0 Å². The number of carbonyl (C=O) groups excluding carboxylic acids is 3. The van der Waals surface area contributed by atoms with Gasteiger partial charge in [0.05, 0.1) is 10.8 Å². The summed E-state index contributed by atoms with van der Waals surface area (Å²) >= 11 is 6.21. The summed E-state index contributed by atoms with van der Waals surface area (Å²) in [4.78, 5) is 37.1. The Balaban J connectivity index is 1.91. The molecular weight excluding hydrogens is 352 g/mol. The van der Waals surface area contributed by atoms with Crippen LogP contribution >= 0.6 is 11.6 Å². The van der Waals surface area contributed by atoms with E-state index in [1.54, 1.807) is 4.68 Å². The second-order valence-corrected chi connectivity index (χ2v) is 8.08. The zero-order valence-corrected chi connectivity index (χ0v) is 15.2. The highest BCUT2D eigenvalue weighted by Crippen LogP contribution is 2.41. The van der Waals surface area contributed by atoms with Crippen LogP contribution in [0.4, 0.5) is 0 Å². The summed E-state index contributed by atoms with van der Waals surface area (Å²) in [5.41, 5.74) is 0.512. The fraction of sp³-hybridized carbons (Fsp3) is 0.625. The number of Topliss-reactive ketones (excluding diaryl/α,β-unsaturated/α-hetero) is 3. The van der Waals surface area contributed by atoms with E-state index >= 15 is 0 Å². The first-order valence-corrected chi connectivity index (χ1v) is 9.97. The number of aryl methyl sites for hydroxylation is 1. The third-order valence-corrected chi connectivity index (χ3v) is 5.93. The maximum atomic E-state index is 12.4. The van der Waals surface area contributed by atoms with Crippen LogP contribution in [-0.2, 0) is 31.7 Å². The molecule has 0 radical (unpaired) electrons. The molecule has 1 aromatic rings. The number of rotatable bonds is 5. The predicted octanol–water partition coefficient (Wildman–Crippen LogP) is 1.90. The molecule has 130 valence electrons. The zero-order chi connectivity index (χ0) is 17.6. The summed E-state index contributed by atoms with van der Waals surface area (Å²) in [6, 6.07) is 0. The molecular formula is C16H19ClN2O4S. The van der Waals surface area contributed by atoms with Crippen LogP contribution in [0.1, 0.15) is 44.1 Å². The van der Waals surface area contributed by atoms with Crippen molar-refractivity contribution in [3.8, 4) is 0 Å². The molecule has 0 N–H and O–H groups in total. The molecule has 2 saturated carbocycles. The Kier molecular flexibility index (Phi) is 4.75. The average molecular weight is 371 g/mol. The highest BCUT2D eigenvalue weighted by molar-refractivity contribution is 7.84. The van der Waals surface area contributed by atoms with Gasteiger partial charge in [0.25, 0.3) is 0 Å². The molecule has 0 saturated heterocycles. The van der Waals surface area contributed by atoms with E-state index in [9.17, 15) is 18.6 Å². The molecule has 0 aromatic carbocycles.